The van der Waals surface area contributed by atoms with Gasteiger partial charge in [0.1, 0.15) is 5.82 Å². The number of amides is 3. The van der Waals surface area contributed by atoms with Crippen LogP contribution in [0.2, 0.25) is 0 Å². The molecule has 1 saturated heterocycles. The Labute approximate surface area is 151 Å². The van der Waals surface area contributed by atoms with Crippen molar-refractivity contribution in [2.24, 2.45) is 0 Å². The van der Waals surface area contributed by atoms with E-state index in [-0.39, 0.29) is 42.7 Å². The summed E-state index contributed by atoms with van der Waals surface area (Å²) >= 11 is 0. The van der Waals surface area contributed by atoms with Gasteiger partial charge in [-0.1, -0.05) is 12.1 Å². The highest BCUT2D eigenvalue weighted by atomic mass is 19.1. The maximum Gasteiger partial charge on any atom is 0.409 e. The van der Waals surface area contributed by atoms with Gasteiger partial charge in [-0.3, -0.25) is 9.59 Å². The van der Waals surface area contributed by atoms with Crippen LogP contribution in [0.4, 0.5) is 9.18 Å². The summed E-state index contributed by atoms with van der Waals surface area (Å²) in [6, 6.07) is 5.62. The molecule has 142 valence electrons. The summed E-state index contributed by atoms with van der Waals surface area (Å²) in [4.78, 5) is 37.0. The van der Waals surface area contributed by atoms with E-state index in [0.717, 1.165) is 0 Å². The maximum absolute atomic E-state index is 12.8. The third-order valence-corrected chi connectivity index (χ3v) is 4.11. The number of ether oxygens (including phenoxy) is 1. The molecule has 1 aliphatic rings. The Hall–Kier alpha value is -2.64. The first-order valence-electron chi connectivity index (χ1n) is 8.70. The molecule has 2 rings (SSSR count). The molecule has 2 N–H and O–H groups in total. The number of rotatable bonds is 6. The fourth-order valence-corrected chi connectivity index (χ4v) is 2.73. The minimum Gasteiger partial charge on any atom is -0.450 e. The van der Waals surface area contributed by atoms with Gasteiger partial charge < -0.3 is 20.3 Å². The van der Waals surface area contributed by atoms with Gasteiger partial charge >= 0.3 is 6.09 Å². The summed E-state index contributed by atoms with van der Waals surface area (Å²) in [6.45, 7) is 3.04. The minimum absolute atomic E-state index is 0.0258. The fourth-order valence-electron chi connectivity index (χ4n) is 2.73. The second-order valence-corrected chi connectivity index (χ2v) is 6.11. The number of carbonyl (C=O) groups excluding carboxylic acids is 3. The zero-order valence-electron chi connectivity index (χ0n) is 14.8. The van der Waals surface area contributed by atoms with Gasteiger partial charge in [-0.25, -0.2) is 9.18 Å². The van der Waals surface area contributed by atoms with E-state index in [0.29, 0.717) is 38.1 Å². The number of nitrogens with one attached hydrogen (secondary N) is 2. The average molecular weight is 365 g/mol. The normalized spacial score (nSPS) is 14.6. The van der Waals surface area contributed by atoms with Crippen LogP contribution < -0.4 is 10.6 Å². The third kappa shape index (κ3) is 6.34. The van der Waals surface area contributed by atoms with E-state index >= 15 is 0 Å². The average Bonchev–Trinajstić information content (AvgIpc) is 2.63. The Morgan fingerprint density at radius 3 is 2.42 bits per heavy atom. The molecule has 0 radical (unpaired) electrons. The number of carbonyl (C=O) groups is 3. The summed E-state index contributed by atoms with van der Waals surface area (Å²) in [7, 11) is 0. The first kappa shape index (κ1) is 19.7. The van der Waals surface area contributed by atoms with Gasteiger partial charge in [0.2, 0.25) is 11.8 Å². The Bertz CT molecular complexity index is 628. The number of halogens is 1. The largest absolute Gasteiger partial charge is 0.450 e. The summed E-state index contributed by atoms with van der Waals surface area (Å²) < 4.78 is 17.8. The smallest absolute Gasteiger partial charge is 0.409 e. The molecule has 0 aliphatic carbocycles. The van der Waals surface area contributed by atoms with Gasteiger partial charge in [-0.05, 0) is 37.5 Å². The zero-order chi connectivity index (χ0) is 18.9. The molecule has 0 unspecified atom stereocenters. The lowest BCUT2D eigenvalue weighted by molar-refractivity contribution is -0.126. The Morgan fingerprint density at radius 2 is 1.81 bits per heavy atom. The molecule has 26 heavy (non-hydrogen) atoms. The van der Waals surface area contributed by atoms with Crippen LogP contribution in [0.15, 0.2) is 24.3 Å². The van der Waals surface area contributed by atoms with Crippen molar-refractivity contribution in [2.45, 2.75) is 32.2 Å². The molecule has 1 fully saturated rings. The number of piperidine rings is 1. The lowest BCUT2D eigenvalue weighted by Gasteiger charge is -2.31. The Morgan fingerprint density at radius 1 is 1.15 bits per heavy atom. The summed E-state index contributed by atoms with van der Waals surface area (Å²) in [6.07, 6.45) is 1.05. The second-order valence-electron chi connectivity index (χ2n) is 6.11. The molecule has 0 atom stereocenters. The maximum atomic E-state index is 12.8. The van der Waals surface area contributed by atoms with Crippen LogP contribution in [0.5, 0.6) is 0 Å². The molecule has 1 aliphatic heterocycles. The second kappa shape index (κ2) is 9.74. The predicted octanol–water partition coefficient (Wildman–Crippen LogP) is 1.22. The van der Waals surface area contributed by atoms with E-state index in [9.17, 15) is 18.8 Å². The molecule has 0 spiro atoms. The number of likely N-dealkylation sites (tertiary alicyclic amines) is 1. The van der Waals surface area contributed by atoms with Gasteiger partial charge in [0.05, 0.1) is 19.6 Å². The molecule has 0 bridgehead atoms. The fraction of sp³-hybridized carbons (Fsp3) is 0.500. The summed E-state index contributed by atoms with van der Waals surface area (Å²) in [5.41, 5.74) is 0.677. The van der Waals surface area contributed by atoms with Gasteiger partial charge in [0.15, 0.2) is 0 Å². The molecule has 0 aromatic heterocycles. The molecule has 1 aromatic rings. The standard InChI is InChI=1S/C18H24FN3O4/c1-2-26-18(25)22-9-7-15(8-10-22)21-17(24)12-20-16(23)11-13-3-5-14(19)6-4-13/h3-6,15H,2,7-12H2,1H3,(H,20,23)(H,21,24). The third-order valence-electron chi connectivity index (χ3n) is 4.11. The number of hydrogen-bond acceptors (Lipinski definition) is 4. The van der Waals surface area contributed by atoms with E-state index in [2.05, 4.69) is 10.6 Å². The monoisotopic (exact) mass is 365 g/mol. The van der Waals surface area contributed by atoms with E-state index in [1.54, 1.807) is 11.8 Å². The number of nitrogens with zero attached hydrogens (tertiary/aromatic N) is 1. The predicted molar refractivity (Wildman–Crippen MR) is 92.9 cm³/mol. The quantitative estimate of drug-likeness (QED) is 0.794. The zero-order valence-corrected chi connectivity index (χ0v) is 14.8. The molecule has 1 aromatic carbocycles. The van der Waals surface area contributed by atoms with Crippen LogP contribution in [-0.2, 0) is 20.7 Å². The van der Waals surface area contributed by atoms with Crippen molar-refractivity contribution in [3.63, 3.8) is 0 Å². The summed E-state index contributed by atoms with van der Waals surface area (Å²) in [5.74, 6) is -0.932. The van der Waals surface area contributed by atoms with Crippen LogP contribution in [-0.4, -0.2) is 55.1 Å². The van der Waals surface area contributed by atoms with Crippen molar-refractivity contribution < 1.29 is 23.5 Å². The van der Waals surface area contributed by atoms with E-state index < -0.39 is 0 Å². The SMILES string of the molecule is CCOC(=O)N1CCC(NC(=O)CNC(=O)Cc2ccc(F)cc2)CC1. The number of benzene rings is 1. The van der Waals surface area contributed by atoms with Crippen LogP contribution in [0, 0.1) is 5.82 Å². The molecule has 0 saturated carbocycles. The Kier molecular flexibility index (Phi) is 7.37. The van der Waals surface area contributed by atoms with Crippen LogP contribution in [0.1, 0.15) is 25.3 Å². The van der Waals surface area contributed by atoms with Crippen molar-refractivity contribution in [3.8, 4) is 0 Å². The highest BCUT2D eigenvalue weighted by molar-refractivity contribution is 5.85. The molecule has 3 amide bonds. The molecule has 1 heterocycles. The van der Waals surface area contributed by atoms with Crippen molar-refractivity contribution in [1.82, 2.24) is 15.5 Å². The van der Waals surface area contributed by atoms with Crippen LogP contribution >= 0.6 is 0 Å². The van der Waals surface area contributed by atoms with Crippen molar-refractivity contribution in [1.29, 1.82) is 0 Å². The molecule has 7 nitrogen and oxygen atoms in total. The summed E-state index contributed by atoms with van der Waals surface area (Å²) in [5, 5.41) is 5.40. The lowest BCUT2D eigenvalue weighted by atomic mass is 10.1. The van der Waals surface area contributed by atoms with E-state index in [1.807, 2.05) is 0 Å². The van der Waals surface area contributed by atoms with Gasteiger partial charge in [-0.2, -0.15) is 0 Å². The van der Waals surface area contributed by atoms with Crippen molar-refractivity contribution >= 4 is 17.9 Å². The van der Waals surface area contributed by atoms with E-state index in [4.69, 9.17) is 4.74 Å². The molecular weight excluding hydrogens is 341 g/mol. The lowest BCUT2D eigenvalue weighted by Crippen LogP contribution is -2.48. The Balaban J connectivity index is 1.65. The van der Waals surface area contributed by atoms with Crippen LogP contribution in [0.25, 0.3) is 0 Å². The molecule has 8 heteroatoms. The van der Waals surface area contributed by atoms with E-state index in [1.165, 1.54) is 24.3 Å². The first-order chi connectivity index (χ1) is 12.5. The first-order valence-corrected chi connectivity index (χ1v) is 8.70. The minimum atomic E-state index is -0.359. The molecular formula is C18H24FN3O4. The van der Waals surface area contributed by atoms with Crippen molar-refractivity contribution in [3.05, 3.63) is 35.6 Å². The van der Waals surface area contributed by atoms with Crippen LogP contribution in [0.3, 0.4) is 0 Å². The van der Waals surface area contributed by atoms with Gasteiger partial charge in [0.25, 0.3) is 0 Å². The highest BCUT2D eigenvalue weighted by Crippen LogP contribution is 2.11. The van der Waals surface area contributed by atoms with Crippen molar-refractivity contribution in [2.75, 3.05) is 26.2 Å². The highest BCUT2D eigenvalue weighted by Gasteiger charge is 2.24. The number of hydrogen-bond donors (Lipinski definition) is 2. The topological polar surface area (TPSA) is 87.7 Å². The van der Waals surface area contributed by atoms with Gasteiger partial charge in [0, 0.05) is 19.1 Å². The van der Waals surface area contributed by atoms with Gasteiger partial charge in [-0.15, -0.1) is 0 Å².